The molecule has 0 spiro atoms. The molecular weight excluding hydrogens is 383 g/mol. The van der Waals surface area contributed by atoms with Gasteiger partial charge in [0.1, 0.15) is 10.8 Å². The number of hydrogen-bond acceptors (Lipinski definition) is 5. The molecule has 2 amide bonds. The summed E-state index contributed by atoms with van der Waals surface area (Å²) >= 11 is 1.40. The van der Waals surface area contributed by atoms with E-state index in [4.69, 9.17) is 4.74 Å². The van der Waals surface area contributed by atoms with Crippen molar-refractivity contribution in [2.75, 3.05) is 11.9 Å². The maximum Gasteiger partial charge on any atom is 0.341 e. The Labute approximate surface area is 166 Å². The van der Waals surface area contributed by atoms with E-state index in [1.807, 2.05) is 0 Å². The first-order valence-electron chi connectivity index (χ1n) is 9.04. The number of anilines is 1. The Kier molecular flexibility index (Phi) is 6.41. The molecule has 0 unspecified atom stereocenters. The fraction of sp³-hybridized carbons (Fsp3) is 0.350. The number of thiophene rings is 1. The van der Waals surface area contributed by atoms with Gasteiger partial charge in [0, 0.05) is 18.3 Å². The van der Waals surface area contributed by atoms with Crippen molar-refractivity contribution in [3.63, 3.8) is 0 Å². The van der Waals surface area contributed by atoms with Crippen LogP contribution in [0.4, 0.5) is 9.39 Å². The van der Waals surface area contributed by atoms with Gasteiger partial charge in [-0.3, -0.25) is 9.59 Å². The van der Waals surface area contributed by atoms with Crippen molar-refractivity contribution in [3.8, 4) is 0 Å². The number of benzene rings is 1. The van der Waals surface area contributed by atoms with Gasteiger partial charge in [-0.2, -0.15) is 0 Å². The van der Waals surface area contributed by atoms with Crippen molar-refractivity contribution in [2.45, 2.75) is 39.2 Å². The van der Waals surface area contributed by atoms with Crippen LogP contribution < -0.4 is 10.6 Å². The summed E-state index contributed by atoms with van der Waals surface area (Å²) in [5.41, 5.74) is 2.01. The molecule has 0 saturated heterocycles. The number of fused-ring (bicyclic) bond motifs is 1. The van der Waals surface area contributed by atoms with Crippen LogP contribution in [-0.4, -0.2) is 24.4 Å². The summed E-state index contributed by atoms with van der Waals surface area (Å²) in [5, 5.41) is 5.80. The fourth-order valence-corrected chi connectivity index (χ4v) is 4.41. The normalized spacial score (nSPS) is 12.8. The summed E-state index contributed by atoms with van der Waals surface area (Å²) < 4.78 is 18.1. The number of carbonyl (C=O) groups is 3. The number of rotatable bonds is 6. The SMILES string of the molecule is CC(=O)Nc1sc2c(c1C(=O)OCC(=O)NCc1ccc(F)cc1)CCCC2. The Bertz CT molecular complexity index is 892. The molecule has 1 heterocycles. The van der Waals surface area contributed by atoms with E-state index >= 15 is 0 Å². The van der Waals surface area contributed by atoms with Crippen LogP contribution in [0, 0.1) is 5.82 Å². The lowest BCUT2D eigenvalue weighted by molar-refractivity contribution is -0.124. The van der Waals surface area contributed by atoms with E-state index in [-0.39, 0.29) is 18.3 Å². The smallest absolute Gasteiger partial charge is 0.341 e. The quantitative estimate of drug-likeness (QED) is 0.724. The van der Waals surface area contributed by atoms with Gasteiger partial charge in [0.25, 0.3) is 5.91 Å². The predicted octanol–water partition coefficient (Wildman–Crippen LogP) is 3.20. The van der Waals surface area contributed by atoms with E-state index in [0.717, 1.165) is 41.7 Å². The van der Waals surface area contributed by atoms with Gasteiger partial charge in [-0.1, -0.05) is 12.1 Å². The molecule has 1 aliphatic carbocycles. The zero-order valence-electron chi connectivity index (χ0n) is 15.5. The van der Waals surface area contributed by atoms with Crippen molar-refractivity contribution in [1.82, 2.24) is 5.32 Å². The Morgan fingerprint density at radius 3 is 2.57 bits per heavy atom. The van der Waals surface area contributed by atoms with Gasteiger partial charge in [0.2, 0.25) is 5.91 Å². The highest BCUT2D eigenvalue weighted by molar-refractivity contribution is 7.17. The van der Waals surface area contributed by atoms with Crippen LogP contribution >= 0.6 is 11.3 Å². The van der Waals surface area contributed by atoms with Crippen LogP contribution in [0.15, 0.2) is 24.3 Å². The zero-order valence-corrected chi connectivity index (χ0v) is 16.3. The molecule has 148 valence electrons. The minimum atomic E-state index is -0.611. The van der Waals surface area contributed by atoms with E-state index in [1.54, 1.807) is 12.1 Å². The Balaban J connectivity index is 1.61. The summed E-state index contributed by atoms with van der Waals surface area (Å²) in [7, 11) is 0. The number of amides is 2. The molecule has 28 heavy (non-hydrogen) atoms. The fourth-order valence-electron chi connectivity index (χ4n) is 3.09. The first kappa shape index (κ1) is 20.0. The van der Waals surface area contributed by atoms with Gasteiger partial charge in [-0.15, -0.1) is 11.3 Å². The summed E-state index contributed by atoms with van der Waals surface area (Å²) in [6.45, 7) is 1.17. The first-order chi connectivity index (χ1) is 13.4. The van der Waals surface area contributed by atoms with Crippen molar-refractivity contribution >= 4 is 34.1 Å². The third kappa shape index (κ3) is 4.95. The summed E-state index contributed by atoms with van der Waals surface area (Å²) in [5.74, 6) is -1.68. The van der Waals surface area contributed by atoms with Crippen molar-refractivity contribution in [3.05, 3.63) is 51.7 Å². The summed E-state index contributed by atoms with van der Waals surface area (Å²) in [6.07, 6.45) is 3.65. The molecule has 0 radical (unpaired) electrons. The topological polar surface area (TPSA) is 84.5 Å². The van der Waals surface area contributed by atoms with Gasteiger partial charge >= 0.3 is 5.97 Å². The minimum absolute atomic E-state index is 0.210. The monoisotopic (exact) mass is 404 g/mol. The second-order valence-electron chi connectivity index (χ2n) is 6.58. The van der Waals surface area contributed by atoms with E-state index in [9.17, 15) is 18.8 Å². The first-order valence-corrected chi connectivity index (χ1v) is 9.86. The molecule has 1 aromatic heterocycles. The molecule has 3 rings (SSSR count). The molecular formula is C20H21FN2O4S. The number of esters is 1. The van der Waals surface area contributed by atoms with Crippen LogP contribution in [0.5, 0.6) is 0 Å². The van der Waals surface area contributed by atoms with Gasteiger partial charge in [-0.05, 0) is 48.9 Å². The highest BCUT2D eigenvalue weighted by atomic mass is 32.1. The van der Waals surface area contributed by atoms with Crippen LogP contribution in [0.25, 0.3) is 0 Å². The molecule has 0 aliphatic heterocycles. The number of ether oxygens (including phenoxy) is 1. The molecule has 1 aliphatic rings. The molecule has 0 bridgehead atoms. The van der Waals surface area contributed by atoms with Gasteiger partial charge < -0.3 is 15.4 Å². The maximum atomic E-state index is 12.9. The summed E-state index contributed by atoms with van der Waals surface area (Å²) in [4.78, 5) is 37.1. The third-order valence-electron chi connectivity index (χ3n) is 4.40. The molecule has 0 fully saturated rings. The molecule has 1 aromatic carbocycles. The lowest BCUT2D eigenvalue weighted by atomic mass is 9.95. The van der Waals surface area contributed by atoms with Crippen molar-refractivity contribution < 1.29 is 23.5 Å². The number of nitrogens with one attached hydrogen (secondary N) is 2. The van der Waals surface area contributed by atoms with E-state index in [1.165, 1.54) is 30.4 Å². The Morgan fingerprint density at radius 2 is 1.86 bits per heavy atom. The maximum absolute atomic E-state index is 12.9. The van der Waals surface area contributed by atoms with Gasteiger partial charge in [-0.25, -0.2) is 9.18 Å². The molecule has 0 atom stereocenters. The summed E-state index contributed by atoms with van der Waals surface area (Å²) in [6, 6.07) is 5.76. The van der Waals surface area contributed by atoms with Gasteiger partial charge in [0.05, 0.1) is 5.56 Å². The van der Waals surface area contributed by atoms with Crippen LogP contribution in [0.1, 0.15) is 46.1 Å². The minimum Gasteiger partial charge on any atom is -0.452 e. The zero-order chi connectivity index (χ0) is 20.1. The largest absolute Gasteiger partial charge is 0.452 e. The van der Waals surface area contributed by atoms with Gasteiger partial charge in [0.15, 0.2) is 6.61 Å². The number of halogens is 1. The van der Waals surface area contributed by atoms with E-state index in [2.05, 4.69) is 10.6 Å². The van der Waals surface area contributed by atoms with Crippen molar-refractivity contribution in [2.24, 2.45) is 0 Å². The molecule has 0 saturated carbocycles. The number of hydrogen-bond donors (Lipinski definition) is 2. The average molecular weight is 404 g/mol. The van der Waals surface area contributed by atoms with Crippen LogP contribution in [0.3, 0.4) is 0 Å². The third-order valence-corrected chi connectivity index (χ3v) is 5.61. The molecule has 8 heteroatoms. The van der Waals surface area contributed by atoms with E-state index in [0.29, 0.717) is 10.6 Å². The Morgan fingerprint density at radius 1 is 1.14 bits per heavy atom. The van der Waals surface area contributed by atoms with Crippen LogP contribution in [0.2, 0.25) is 0 Å². The lowest BCUT2D eigenvalue weighted by Crippen LogP contribution is -2.28. The highest BCUT2D eigenvalue weighted by Gasteiger charge is 2.27. The lowest BCUT2D eigenvalue weighted by Gasteiger charge is -2.13. The second kappa shape index (κ2) is 8.97. The molecule has 6 nitrogen and oxygen atoms in total. The average Bonchev–Trinajstić information content (AvgIpc) is 3.02. The molecule has 2 N–H and O–H groups in total. The molecule has 2 aromatic rings. The Hall–Kier alpha value is -2.74. The van der Waals surface area contributed by atoms with Crippen molar-refractivity contribution in [1.29, 1.82) is 0 Å². The van der Waals surface area contributed by atoms with E-state index < -0.39 is 18.5 Å². The standard InChI is InChI=1S/C20H21FN2O4S/c1-12(24)23-19-18(15-4-2-3-5-16(15)28-19)20(26)27-11-17(25)22-10-13-6-8-14(21)9-7-13/h6-9H,2-5,10-11H2,1H3,(H,22,25)(H,23,24). The highest BCUT2D eigenvalue weighted by Crippen LogP contribution is 2.38. The predicted molar refractivity (Wildman–Crippen MR) is 104 cm³/mol. The second-order valence-corrected chi connectivity index (χ2v) is 7.68. The van der Waals surface area contributed by atoms with Crippen LogP contribution in [-0.2, 0) is 33.7 Å². The number of aryl methyl sites for hydroxylation is 1. The number of carbonyl (C=O) groups excluding carboxylic acids is 3.